The molecule has 0 unspecified atom stereocenters. The molecule has 3 rings (SSSR count). The van der Waals surface area contributed by atoms with Crippen molar-refractivity contribution in [1.29, 1.82) is 0 Å². The molecule has 1 N–H and O–H groups in total. The van der Waals surface area contributed by atoms with Gasteiger partial charge in [0.05, 0.1) is 11.2 Å². The Bertz CT molecular complexity index is 389. The Morgan fingerprint density at radius 2 is 2.17 bits per heavy atom. The highest BCUT2D eigenvalue weighted by molar-refractivity contribution is 7.09. The number of aromatic nitrogens is 1. The standard InChI is InChI=1S/C15H24N2S/c1-12-14(18-11-17-12)6-9-15(7-2-3-8-15)10-16-13-4-5-13/h11,13,16H,2-10H2,1H3. The quantitative estimate of drug-likeness (QED) is 0.847. The molecule has 0 radical (unpaired) electrons. The zero-order valence-corrected chi connectivity index (χ0v) is 12.2. The molecule has 100 valence electrons. The molecule has 1 aromatic heterocycles. The first-order valence-electron chi connectivity index (χ1n) is 7.40. The number of thiazole rings is 1. The second-order valence-corrected chi connectivity index (χ2v) is 7.16. The van der Waals surface area contributed by atoms with Crippen molar-refractivity contribution in [2.24, 2.45) is 5.41 Å². The average Bonchev–Trinajstić information content (AvgIpc) is 2.94. The fourth-order valence-electron chi connectivity index (χ4n) is 3.23. The van der Waals surface area contributed by atoms with Crippen LogP contribution in [0.2, 0.25) is 0 Å². The van der Waals surface area contributed by atoms with Gasteiger partial charge in [-0.1, -0.05) is 12.8 Å². The van der Waals surface area contributed by atoms with Gasteiger partial charge in [0.2, 0.25) is 0 Å². The highest BCUT2D eigenvalue weighted by Crippen LogP contribution is 2.42. The fourth-order valence-corrected chi connectivity index (χ4v) is 4.01. The van der Waals surface area contributed by atoms with Gasteiger partial charge in [-0.3, -0.25) is 0 Å². The molecule has 0 aliphatic heterocycles. The number of aryl methyl sites for hydroxylation is 2. The highest BCUT2D eigenvalue weighted by atomic mass is 32.1. The van der Waals surface area contributed by atoms with Crippen molar-refractivity contribution < 1.29 is 0 Å². The largest absolute Gasteiger partial charge is 0.313 e. The van der Waals surface area contributed by atoms with Gasteiger partial charge in [-0.25, -0.2) is 4.98 Å². The number of nitrogens with one attached hydrogen (secondary N) is 1. The van der Waals surface area contributed by atoms with E-state index in [1.807, 2.05) is 16.8 Å². The number of hydrogen-bond acceptors (Lipinski definition) is 3. The van der Waals surface area contributed by atoms with Crippen LogP contribution in [0.1, 0.15) is 55.5 Å². The van der Waals surface area contributed by atoms with Gasteiger partial charge in [0.15, 0.2) is 0 Å². The van der Waals surface area contributed by atoms with Gasteiger partial charge >= 0.3 is 0 Å². The van der Waals surface area contributed by atoms with E-state index in [1.54, 1.807) is 0 Å². The van der Waals surface area contributed by atoms with E-state index in [0.29, 0.717) is 5.41 Å². The Labute approximate surface area is 114 Å². The molecule has 0 atom stereocenters. The van der Waals surface area contributed by atoms with Gasteiger partial charge in [0, 0.05) is 17.5 Å². The summed E-state index contributed by atoms with van der Waals surface area (Å²) in [5.41, 5.74) is 3.84. The summed E-state index contributed by atoms with van der Waals surface area (Å²) in [7, 11) is 0. The number of nitrogens with zero attached hydrogens (tertiary/aromatic N) is 1. The molecule has 2 nitrogen and oxygen atoms in total. The van der Waals surface area contributed by atoms with Crippen molar-refractivity contribution in [3.63, 3.8) is 0 Å². The topological polar surface area (TPSA) is 24.9 Å². The molecule has 0 bridgehead atoms. The van der Waals surface area contributed by atoms with Crippen LogP contribution in [0.4, 0.5) is 0 Å². The Morgan fingerprint density at radius 1 is 1.39 bits per heavy atom. The SMILES string of the molecule is Cc1ncsc1CCC1(CNC2CC2)CCCC1. The molecule has 2 saturated carbocycles. The maximum Gasteiger partial charge on any atom is 0.0797 e. The predicted molar refractivity (Wildman–Crippen MR) is 77.1 cm³/mol. The number of rotatable bonds is 6. The normalized spacial score (nSPS) is 22.5. The second-order valence-electron chi connectivity index (χ2n) is 6.22. The van der Waals surface area contributed by atoms with Crippen LogP contribution in [-0.4, -0.2) is 17.6 Å². The Hall–Kier alpha value is -0.410. The van der Waals surface area contributed by atoms with E-state index in [2.05, 4.69) is 17.2 Å². The highest BCUT2D eigenvalue weighted by Gasteiger charge is 2.35. The minimum absolute atomic E-state index is 0.596. The Morgan fingerprint density at radius 3 is 2.78 bits per heavy atom. The van der Waals surface area contributed by atoms with E-state index in [4.69, 9.17) is 0 Å². The third-order valence-corrected chi connectivity index (χ3v) is 5.73. The third kappa shape index (κ3) is 2.94. The predicted octanol–water partition coefficient (Wildman–Crippen LogP) is 3.70. The van der Waals surface area contributed by atoms with E-state index in [9.17, 15) is 0 Å². The Kier molecular flexibility index (Phi) is 3.71. The summed E-state index contributed by atoms with van der Waals surface area (Å²) in [5, 5.41) is 3.77. The van der Waals surface area contributed by atoms with E-state index in [0.717, 1.165) is 6.04 Å². The van der Waals surface area contributed by atoms with Gasteiger partial charge < -0.3 is 5.32 Å². The minimum Gasteiger partial charge on any atom is -0.313 e. The maximum atomic E-state index is 4.37. The first-order chi connectivity index (χ1) is 8.77. The van der Waals surface area contributed by atoms with Crippen LogP contribution >= 0.6 is 11.3 Å². The van der Waals surface area contributed by atoms with Gasteiger partial charge in [0.1, 0.15) is 0 Å². The smallest absolute Gasteiger partial charge is 0.0797 e. The molecule has 1 aromatic rings. The van der Waals surface area contributed by atoms with Crippen molar-refractivity contribution in [3.8, 4) is 0 Å². The van der Waals surface area contributed by atoms with Crippen molar-refractivity contribution >= 4 is 11.3 Å². The average molecular weight is 264 g/mol. The van der Waals surface area contributed by atoms with E-state index >= 15 is 0 Å². The zero-order chi connectivity index (χ0) is 12.4. The summed E-state index contributed by atoms with van der Waals surface area (Å²) in [5.74, 6) is 0. The molecule has 1 heterocycles. The van der Waals surface area contributed by atoms with Gasteiger partial charge in [-0.2, -0.15) is 0 Å². The van der Waals surface area contributed by atoms with Crippen LogP contribution in [0.15, 0.2) is 5.51 Å². The van der Waals surface area contributed by atoms with Crippen molar-refractivity contribution in [1.82, 2.24) is 10.3 Å². The van der Waals surface area contributed by atoms with Crippen LogP contribution in [0, 0.1) is 12.3 Å². The molecular weight excluding hydrogens is 240 g/mol. The molecule has 0 spiro atoms. The van der Waals surface area contributed by atoms with Gasteiger partial charge in [-0.15, -0.1) is 11.3 Å². The molecule has 0 saturated heterocycles. The Balaban J connectivity index is 1.57. The van der Waals surface area contributed by atoms with Crippen LogP contribution in [-0.2, 0) is 6.42 Å². The summed E-state index contributed by atoms with van der Waals surface area (Å²) < 4.78 is 0. The molecule has 0 amide bonds. The second kappa shape index (κ2) is 5.30. The van der Waals surface area contributed by atoms with Crippen LogP contribution in [0.5, 0.6) is 0 Å². The monoisotopic (exact) mass is 264 g/mol. The molecule has 3 heteroatoms. The third-order valence-electron chi connectivity index (χ3n) is 4.73. The summed E-state index contributed by atoms with van der Waals surface area (Å²) in [6, 6.07) is 0.854. The summed E-state index contributed by atoms with van der Waals surface area (Å²) in [4.78, 5) is 5.88. The summed E-state index contributed by atoms with van der Waals surface area (Å²) in [6.45, 7) is 3.41. The molecule has 2 aliphatic rings. The maximum absolute atomic E-state index is 4.37. The lowest BCUT2D eigenvalue weighted by Crippen LogP contribution is -2.33. The van der Waals surface area contributed by atoms with E-state index in [-0.39, 0.29) is 0 Å². The summed E-state index contributed by atoms with van der Waals surface area (Å²) in [6.07, 6.45) is 11.2. The minimum atomic E-state index is 0.596. The first-order valence-corrected chi connectivity index (χ1v) is 8.28. The first kappa shape index (κ1) is 12.6. The molecule has 2 fully saturated rings. The molecule has 18 heavy (non-hydrogen) atoms. The lowest BCUT2D eigenvalue weighted by atomic mass is 9.81. The van der Waals surface area contributed by atoms with Crippen molar-refractivity contribution in [2.75, 3.05) is 6.54 Å². The van der Waals surface area contributed by atoms with Crippen molar-refractivity contribution in [3.05, 3.63) is 16.1 Å². The lowest BCUT2D eigenvalue weighted by molar-refractivity contribution is 0.257. The lowest BCUT2D eigenvalue weighted by Gasteiger charge is -2.29. The van der Waals surface area contributed by atoms with Crippen molar-refractivity contribution in [2.45, 2.75) is 64.3 Å². The summed E-state index contributed by atoms with van der Waals surface area (Å²) >= 11 is 1.84. The van der Waals surface area contributed by atoms with Gasteiger partial charge in [0.25, 0.3) is 0 Å². The number of hydrogen-bond donors (Lipinski definition) is 1. The van der Waals surface area contributed by atoms with Crippen LogP contribution in [0.3, 0.4) is 0 Å². The van der Waals surface area contributed by atoms with Crippen LogP contribution in [0.25, 0.3) is 0 Å². The molecular formula is C15H24N2S. The van der Waals surface area contributed by atoms with E-state index in [1.165, 1.54) is 68.5 Å². The fraction of sp³-hybridized carbons (Fsp3) is 0.800. The molecule has 2 aliphatic carbocycles. The van der Waals surface area contributed by atoms with Gasteiger partial charge in [-0.05, 0) is 50.9 Å². The van der Waals surface area contributed by atoms with Crippen LogP contribution < -0.4 is 5.32 Å². The zero-order valence-electron chi connectivity index (χ0n) is 11.4. The molecule has 0 aromatic carbocycles. The van der Waals surface area contributed by atoms with E-state index < -0.39 is 0 Å².